The van der Waals surface area contributed by atoms with Crippen LogP contribution in [0.25, 0.3) is 0 Å². The number of rotatable bonds is 11. The van der Waals surface area contributed by atoms with Crippen LogP contribution in [0.5, 0.6) is 17.2 Å². The number of hydrogen-bond acceptors (Lipinski definition) is 5. The van der Waals surface area contributed by atoms with Gasteiger partial charge in [-0.05, 0) is 49.7 Å². The van der Waals surface area contributed by atoms with Gasteiger partial charge in [-0.15, -0.1) is 0 Å². The maximum atomic E-state index is 12.0. The maximum Gasteiger partial charge on any atom is 0.319 e. The quantitative estimate of drug-likeness (QED) is 0.447. The number of anilines is 2. The number of ether oxygens (including phenoxy) is 3. The molecular formula is C23H31N3O5. The lowest BCUT2D eigenvalue weighted by atomic mass is 10.2. The second-order valence-electron chi connectivity index (χ2n) is 6.95. The van der Waals surface area contributed by atoms with Crippen molar-refractivity contribution in [2.45, 2.75) is 39.2 Å². The van der Waals surface area contributed by atoms with Gasteiger partial charge >= 0.3 is 6.03 Å². The Labute approximate surface area is 183 Å². The average Bonchev–Trinajstić information content (AvgIpc) is 2.78. The van der Waals surface area contributed by atoms with E-state index in [4.69, 9.17) is 14.2 Å². The summed E-state index contributed by atoms with van der Waals surface area (Å²) >= 11 is 0. The SMILES string of the molecule is CCCCCNC(=O)Nc1ccc(Oc2ccc(NC(=O)C(C)OC)cc2)c(OC)c1. The first-order valence-electron chi connectivity index (χ1n) is 10.3. The smallest absolute Gasteiger partial charge is 0.319 e. The molecule has 0 aliphatic carbocycles. The molecule has 2 aromatic rings. The first-order valence-corrected chi connectivity index (χ1v) is 10.3. The van der Waals surface area contributed by atoms with Crippen molar-refractivity contribution in [2.75, 3.05) is 31.4 Å². The van der Waals surface area contributed by atoms with Crippen molar-refractivity contribution >= 4 is 23.3 Å². The van der Waals surface area contributed by atoms with Crippen LogP contribution in [-0.4, -0.2) is 38.8 Å². The predicted molar refractivity (Wildman–Crippen MR) is 121 cm³/mol. The fourth-order valence-electron chi connectivity index (χ4n) is 2.67. The number of nitrogens with one attached hydrogen (secondary N) is 3. The zero-order valence-corrected chi connectivity index (χ0v) is 18.5. The highest BCUT2D eigenvalue weighted by molar-refractivity contribution is 5.94. The number of benzene rings is 2. The van der Waals surface area contributed by atoms with Gasteiger partial charge in [0, 0.05) is 31.1 Å². The monoisotopic (exact) mass is 429 g/mol. The van der Waals surface area contributed by atoms with E-state index in [1.54, 1.807) is 49.4 Å². The topological polar surface area (TPSA) is 97.9 Å². The highest BCUT2D eigenvalue weighted by atomic mass is 16.5. The Kier molecular flexibility index (Phi) is 9.64. The van der Waals surface area contributed by atoms with Gasteiger partial charge in [-0.2, -0.15) is 0 Å². The summed E-state index contributed by atoms with van der Waals surface area (Å²) < 4.78 is 16.3. The molecular weight excluding hydrogens is 398 g/mol. The van der Waals surface area contributed by atoms with E-state index in [0.717, 1.165) is 19.3 Å². The molecule has 0 heterocycles. The van der Waals surface area contributed by atoms with Gasteiger partial charge in [0.25, 0.3) is 5.91 Å². The number of hydrogen-bond donors (Lipinski definition) is 3. The lowest BCUT2D eigenvalue weighted by molar-refractivity contribution is -0.124. The summed E-state index contributed by atoms with van der Waals surface area (Å²) in [7, 11) is 3.02. The highest BCUT2D eigenvalue weighted by Gasteiger charge is 2.12. The molecule has 0 saturated carbocycles. The normalized spacial score (nSPS) is 11.4. The Bertz CT molecular complexity index is 855. The van der Waals surface area contributed by atoms with Gasteiger partial charge in [0.1, 0.15) is 11.9 Å². The van der Waals surface area contributed by atoms with E-state index in [1.807, 2.05) is 0 Å². The Morgan fingerprint density at radius 3 is 2.29 bits per heavy atom. The van der Waals surface area contributed by atoms with Gasteiger partial charge in [0.05, 0.1) is 7.11 Å². The molecule has 0 aliphatic rings. The largest absolute Gasteiger partial charge is 0.493 e. The zero-order valence-electron chi connectivity index (χ0n) is 18.5. The van der Waals surface area contributed by atoms with Gasteiger partial charge in [-0.3, -0.25) is 4.79 Å². The van der Waals surface area contributed by atoms with Crippen molar-refractivity contribution in [2.24, 2.45) is 0 Å². The van der Waals surface area contributed by atoms with Crippen LogP contribution < -0.4 is 25.4 Å². The van der Waals surface area contributed by atoms with Gasteiger partial charge in [-0.25, -0.2) is 4.79 Å². The summed E-state index contributed by atoms with van der Waals surface area (Å²) in [6, 6.07) is 11.9. The fourth-order valence-corrected chi connectivity index (χ4v) is 2.67. The fraction of sp³-hybridized carbons (Fsp3) is 0.391. The lowest BCUT2D eigenvalue weighted by Gasteiger charge is -2.14. The van der Waals surface area contributed by atoms with Crippen molar-refractivity contribution in [1.82, 2.24) is 5.32 Å². The van der Waals surface area contributed by atoms with E-state index in [-0.39, 0.29) is 11.9 Å². The summed E-state index contributed by atoms with van der Waals surface area (Å²) in [5, 5.41) is 8.38. The van der Waals surface area contributed by atoms with Crippen LogP contribution in [0.3, 0.4) is 0 Å². The number of carbonyl (C=O) groups excluding carboxylic acids is 2. The van der Waals surface area contributed by atoms with Crippen LogP contribution in [-0.2, 0) is 9.53 Å². The first kappa shape index (κ1) is 24.0. The van der Waals surface area contributed by atoms with Crippen molar-refractivity contribution in [1.29, 1.82) is 0 Å². The molecule has 0 aromatic heterocycles. The number of urea groups is 1. The van der Waals surface area contributed by atoms with Gasteiger partial charge in [0.2, 0.25) is 0 Å². The van der Waals surface area contributed by atoms with Crippen molar-refractivity contribution in [3.8, 4) is 17.2 Å². The predicted octanol–water partition coefficient (Wildman–Crippen LogP) is 4.77. The third kappa shape index (κ3) is 7.82. The van der Waals surface area contributed by atoms with Gasteiger partial charge in [-0.1, -0.05) is 19.8 Å². The molecule has 3 N–H and O–H groups in total. The standard InChI is InChI=1S/C23H31N3O5/c1-5-6-7-14-24-23(28)26-18-10-13-20(21(15-18)30-4)31-19-11-8-17(9-12-19)25-22(27)16(2)29-3/h8-13,15-16H,5-7,14H2,1-4H3,(H,25,27)(H2,24,26,28). The number of unbranched alkanes of at least 4 members (excludes halogenated alkanes) is 2. The minimum absolute atomic E-state index is 0.227. The highest BCUT2D eigenvalue weighted by Crippen LogP contribution is 2.34. The molecule has 3 amide bonds. The molecule has 0 fully saturated rings. The van der Waals surface area contributed by atoms with E-state index in [9.17, 15) is 9.59 Å². The molecule has 31 heavy (non-hydrogen) atoms. The van der Waals surface area contributed by atoms with Gasteiger partial charge in [0.15, 0.2) is 11.5 Å². The Morgan fingerprint density at radius 2 is 1.65 bits per heavy atom. The molecule has 8 nitrogen and oxygen atoms in total. The van der Waals surface area contributed by atoms with E-state index in [2.05, 4.69) is 22.9 Å². The van der Waals surface area contributed by atoms with Crippen LogP contribution >= 0.6 is 0 Å². The average molecular weight is 430 g/mol. The molecule has 2 aromatic carbocycles. The molecule has 0 radical (unpaired) electrons. The lowest BCUT2D eigenvalue weighted by Crippen LogP contribution is -2.29. The summed E-state index contributed by atoms with van der Waals surface area (Å²) in [6.45, 7) is 4.43. The zero-order chi connectivity index (χ0) is 22.6. The van der Waals surface area contributed by atoms with Crippen LogP contribution in [0.15, 0.2) is 42.5 Å². The maximum absolute atomic E-state index is 12.0. The molecule has 1 unspecified atom stereocenters. The molecule has 168 valence electrons. The summed E-state index contributed by atoms with van der Waals surface area (Å²) in [5.41, 5.74) is 1.24. The minimum Gasteiger partial charge on any atom is -0.493 e. The van der Waals surface area contributed by atoms with Gasteiger partial charge < -0.3 is 30.2 Å². The third-order valence-electron chi connectivity index (χ3n) is 4.56. The Morgan fingerprint density at radius 1 is 0.935 bits per heavy atom. The summed E-state index contributed by atoms with van der Waals surface area (Å²) in [5.74, 6) is 1.33. The Hall–Kier alpha value is -3.26. The second-order valence-corrected chi connectivity index (χ2v) is 6.95. The number of carbonyl (C=O) groups is 2. The van der Waals surface area contributed by atoms with Crippen LogP contribution in [0.2, 0.25) is 0 Å². The van der Waals surface area contributed by atoms with Crippen LogP contribution in [0, 0.1) is 0 Å². The third-order valence-corrected chi connectivity index (χ3v) is 4.56. The second kappa shape index (κ2) is 12.4. The van der Waals surface area contributed by atoms with Crippen LogP contribution in [0.1, 0.15) is 33.1 Å². The van der Waals surface area contributed by atoms with E-state index in [0.29, 0.717) is 35.2 Å². The molecule has 8 heteroatoms. The molecule has 0 bridgehead atoms. The first-order chi connectivity index (χ1) is 15.0. The Balaban J connectivity index is 1.97. The van der Waals surface area contributed by atoms with E-state index >= 15 is 0 Å². The molecule has 0 spiro atoms. The summed E-state index contributed by atoms with van der Waals surface area (Å²) in [4.78, 5) is 23.9. The molecule has 1 atom stereocenters. The van der Waals surface area contributed by atoms with Crippen molar-refractivity contribution in [3.63, 3.8) is 0 Å². The summed E-state index contributed by atoms with van der Waals surface area (Å²) in [6.07, 6.45) is 2.60. The van der Waals surface area contributed by atoms with Crippen molar-refractivity contribution in [3.05, 3.63) is 42.5 Å². The van der Waals surface area contributed by atoms with E-state index in [1.165, 1.54) is 14.2 Å². The van der Waals surface area contributed by atoms with Crippen LogP contribution in [0.4, 0.5) is 16.2 Å². The van der Waals surface area contributed by atoms with Crippen molar-refractivity contribution < 1.29 is 23.8 Å². The molecule has 0 saturated heterocycles. The molecule has 2 rings (SSSR count). The number of amides is 3. The molecule has 0 aliphatic heterocycles. The number of methoxy groups -OCH3 is 2. The minimum atomic E-state index is -0.536. The van der Waals surface area contributed by atoms with E-state index < -0.39 is 6.10 Å².